The second-order valence-electron chi connectivity index (χ2n) is 4.03. The smallest absolute Gasteiger partial charge is 0.181 e. The van der Waals surface area contributed by atoms with Gasteiger partial charge in [0.2, 0.25) is 0 Å². The predicted molar refractivity (Wildman–Crippen MR) is 64.3 cm³/mol. The van der Waals surface area contributed by atoms with Gasteiger partial charge in [0.15, 0.2) is 6.10 Å². The van der Waals surface area contributed by atoms with E-state index < -0.39 is 0 Å². The fourth-order valence-corrected chi connectivity index (χ4v) is 1.79. The Morgan fingerprint density at radius 2 is 2.47 bits per heavy atom. The van der Waals surface area contributed by atoms with Crippen LogP contribution in [0.4, 0.5) is 4.39 Å². The molecule has 1 aromatic carbocycles. The molecule has 2 N–H and O–H groups in total. The molecule has 0 aliphatic carbocycles. The summed E-state index contributed by atoms with van der Waals surface area (Å²) < 4.78 is 13.1. The molecule has 1 heterocycles. The first kappa shape index (κ1) is 11.8. The maximum absolute atomic E-state index is 13.1. The van der Waals surface area contributed by atoms with E-state index >= 15 is 0 Å². The topological polar surface area (TPSA) is 38.2 Å². The molecule has 0 spiro atoms. The first-order valence-electron chi connectivity index (χ1n) is 5.71. The van der Waals surface area contributed by atoms with Crippen LogP contribution in [-0.2, 0) is 4.84 Å². The zero-order valence-corrected chi connectivity index (χ0v) is 9.60. The summed E-state index contributed by atoms with van der Waals surface area (Å²) in [6.45, 7) is 5.37. The SMILES string of the molecule is C=CC[NH2+]C[C@@H]1CC(c2cccc(F)c2)=NO1. The summed E-state index contributed by atoms with van der Waals surface area (Å²) >= 11 is 0. The van der Waals surface area contributed by atoms with Crippen molar-refractivity contribution in [2.24, 2.45) is 5.16 Å². The third-order valence-electron chi connectivity index (χ3n) is 2.65. The van der Waals surface area contributed by atoms with Crippen molar-refractivity contribution in [3.8, 4) is 0 Å². The summed E-state index contributed by atoms with van der Waals surface area (Å²) in [6, 6.07) is 6.44. The normalized spacial score (nSPS) is 18.6. The Bertz CT molecular complexity index is 431. The standard InChI is InChI=1S/C13H15FN2O/c1-2-6-15-9-12-8-13(16-17-12)10-4-3-5-11(14)7-10/h2-5,7,12,15H,1,6,8-9H2/p+1/t12-/m0/s1. The van der Waals surface area contributed by atoms with Gasteiger partial charge in [-0.25, -0.2) is 4.39 Å². The quantitative estimate of drug-likeness (QED) is 0.601. The molecule has 3 nitrogen and oxygen atoms in total. The molecule has 0 unspecified atom stereocenters. The number of hydrogen-bond acceptors (Lipinski definition) is 2. The third-order valence-corrected chi connectivity index (χ3v) is 2.65. The maximum atomic E-state index is 13.1. The van der Waals surface area contributed by atoms with Crippen molar-refractivity contribution >= 4 is 5.71 Å². The molecule has 0 saturated carbocycles. The number of rotatable bonds is 5. The zero-order valence-electron chi connectivity index (χ0n) is 9.60. The monoisotopic (exact) mass is 235 g/mol. The zero-order chi connectivity index (χ0) is 12.1. The van der Waals surface area contributed by atoms with E-state index in [4.69, 9.17) is 4.84 Å². The molecular weight excluding hydrogens is 219 g/mol. The van der Waals surface area contributed by atoms with Crippen LogP contribution in [0.1, 0.15) is 12.0 Å². The fourth-order valence-electron chi connectivity index (χ4n) is 1.79. The van der Waals surface area contributed by atoms with Gasteiger partial charge in [-0.1, -0.05) is 23.9 Å². The van der Waals surface area contributed by atoms with Gasteiger partial charge in [0, 0.05) is 12.0 Å². The van der Waals surface area contributed by atoms with Crippen LogP contribution in [0.25, 0.3) is 0 Å². The number of hydrogen-bond donors (Lipinski definition) is 1. The van der Waals surface area contributed by atoms with Gasteiger partial charge in [0.25, 0.3) is 0 Å². The Balaban J connectivity index is 1.91. The lowest BCUT2D eigenvalue weighted by Gasteiger charge is -2.05. The average Bonchev–Trinajstić information content (AvgIpc) is 2.78. The lowest BCUT2D eigenvalue weighted by atomic mass is 10.1. The predicted octanol–water partition coefficient (Wildman–Crippen LogP) is 1.07. The van der Waals surface area contributed by atoms with Crippen LogP contribution < -0.4 is 5.32 Å². The number of benzene rings is 1. The molecule has 0 aromatic heterocycles. The molecule has 0 bridgehead atoms. The largest absolute Gasteiger partial charge is 0.386 e. The molecule has 1 aromatic rings. The van der Waals surface area contributed by atoms with Crippen LogP contribution in [0.3, 0.4) is 0 Å². The maximum Gasteiger partial charge on any atom is 0.181 e. The fraction of sp³-hybridized carbons (Fsp3) is 0.308. The Hall–Kier alpha value is -1.68. The van der Waals surface area contributed by atoms with E-state index in [1.54, 1.807) is 6.07 Å². The van der Waals surface area contributed by atoms with Gasteiger partial charge in [0.1, 0.15) is 12.4 Å². The summed E-state index contributed by atoms with van der Waals surface area (Å²) in [6.07, 6.45) is 2.66. The molecule has 0 saturated heterocycles. The van der Waals surface area contributed by atoms with Gasteiger partial charge >= 0.3 is 0 Å². The van der Waals surface area contributed by atoms with Gasteiger partial charge in [-0.05, 0) is 18.2 Å². The van der Waals surface area contributed by atoms with Crippen molar-refractivity contribution in [1.82, 2.24) is 0 Å². The summed E-state index contributed by atoms with van der Waals surface area (Å²) in [4.78, 5) is 5.31. The summed E-state index contributed by atoms with van der Waals surface area (Å²) in [5, 5.41) is 6.12. The number of quaternary nitrogens is 1. The molecule has 0 radical (unpaired) electrons. The molecule has 17 heavy (non-hydrogen) atoms. The van der Waals surface area contributed by atoms with Gasteiger partial charge in [-0.2, -0.15) is 0 Å². The van der Waals surface area contributed by atoms with Crippen LogP contribution in [0.15, 0.2) is 42.1 Å². The van der Waals surface area contributed by atoms with Gasteiger partial charge in [-0.15, -0.1) is 0 Å². The van der Waals surface area contributed by atoms with Crippen molar-refractivity contribution in [2.75, 3.05) is 13.1 Å². The highest BCUT2D eigenvalue weighted by molar-refractivity contribution is 6.01. The third kappa shape index (κ3) is 3.14. The summed E-state index contributed by atoms with van der Waals surface area (Å²) in [5.41, 5.74) is 1.62. The van der Waals surface area contributed by atoms with Crippen LogP contribution in [0.2, 0.25) is 0 Å². The molecule has 4 heteroatoms. The molecule has 0 amide bonds. The van der Waals surface area contributed by atoms with E-state index in [9.17, 15) is 4.39 Å². The van der Waals surface area contributed by atoms with Gasteiger partial charge in [0.05, 0.1) is 12.3 Å². The Morgan fingerprint density at radius 1 is 1.59 bits per heavy atom. The molecule has 90 valence electrons. The highest BCUT2D eigenvalue weighted by Gasteiger charge is 2.23. The van der Waals surface area contributed by atoms with Crippen LogP contribution in [-0.4, -0.2) is 24.9 Å². The second kappa shape index (κ2) is 5.59. The van der Waals surface area contributed by atoms with Gasteiger partial charge in [-0.3, -0.25) is 0 Å². The van der Waals surface area contributed by atoms with Crippen molar-refractivity contribution in [1.29, 1.82) is 0 Å². The molecule has 1 aliphatic rings. The molecule has 2 rings (SSSR count). The minimum atomic E-state index is -0.244. The van der Waals surface area contributed by atoms with E-state index in [1.807, 2.05) is 12.1 Å². The Morgan fingerprint density at radius 3 is 3.24 bits per heavy atom. The summed E-state index contributed by atoms with van der Waals surface area (Å²) in [7, 11) is 0. The first-order valence-corrected chi connectivity index (χ1v) is 5.71. The number of oxime groups is 1. The Labute approximate surface area is 100.0 Å². The average molecular weight is 235 g/mol. The van der Waals surface area contributed by atoms with Crippen molar-refractivity contribution < 1.29 is 14.5 Å². The Kier molecular flexibility index (Phi) is 3.88. The lowest BCUT2D eigenvalue weighted by Crippen LogP contribution is -2.86. The van der Waals surface area contributed by atoms with Crippen LogP contribution >= 0.6 is 0 Å². The van der Waals surface area contributed by atoms with Gasteiger partial charge < -0.3 is 10.2 Å². The lowest BCUT2D eigenvalue weighted by molar-refractivity contribution is -0.652. The van der Waals surface area contributed by atoms with E-state index in [2.05, 4.69) is 17.1 Å². The highest BCUT2D eigenvalue weighted by atomic mass is 19.1. The van der Waals surface area contributed by atoms with Crippen molar-refractivity contribution in [3.63, 3.8) is 0 Å². The summed E-state index contributed by atoms with van der Waals surface area (Å²) in [5.74, 6) is -0.244. The number of nitrogens with two attached hydrogens (primary N) is 1. The van der Waals surface area contributed by atoms with Crippen LogP contribution in [0.5, 0.6) is 0 Å². The second-order valence-corrected chi connectivity index (χ2v) is 4.03. The number of nitrogens with zero attached hydrogens (tertiary/aromatic N) is 1. The molecule has 1 atom stereocenters. The molecule has 1 aliphatic heterocycles. The minimum absolute atomic E-state index is 0.0771. The molecule has 0 fully saturated rings. The van der Waals surface area contributed by atoms with E-state index in [1.165, 1.54) is 12.1 Å². The first-order chi connectivity index (χ1) is 8.29. The molecular formula is C13H16FN2O+. The van der Waals surface area contributed by atoms with Crippen LogP contribution in [0, 0.1) is 5.82 Å². The van der Waals surface area contributed by atoms with Crippen molar-refractivity contribution in [3.05, 3.63) is 48.3 Å². The van der Waals surface area contributed by atoms with E-state index in [0.717, 1.165) is 30.8 Å². The highest BCUT2D eigenvalue weighted by Crippen LogP contribution is 2.16. The van der Waals surface area contributed by atoms with Crippen molar-refractivity contribution in [2.45, 2.75) is 12.5 Å². The van der Waals surface area contributed by atoms with E-state index in [-0.39, 0.29) is 11.9 Å². The van der Waals surface area contributed by atoms with E-state index in [0.29, 0.717) is 0 Å². The minimum Gasteiger partial charge on any atom is -0.386 e. The number of halogens is 1.